The Labute approximate surface area is 161 Å². The maximum Gasteiger partial charge on any atom is 0.330 e. The summed E-state index contributed by atoms with van der Waals surface area (Å²) in [6, 6.07) is 17.7. The predicted molar refractivity (Wildman–Crippen MR) is 107 cm³/mol. The van der Waals surface area contributed by atoms with Crippen molar-refractivity contribution in [2.45, 2.75) is 33.2 Å². The fourth-order valence-electron chi connectivity index (χ4n) is 2.89. The van der Waals surface area contributed by atoms with Gasteiger partial charge in [-0.2, -0.15) is 0 Å². The molecular weight excluding hydrogens is 338 g/mol. The zero-order valence-corrected chi connectivity index (χ0v) is 16.1. The maximum absolute atomic E-state index is 13.0. The number of carbonyl (C=O) groups is 2. The van der Waals surface area contributed by atoms with Crippen LogP contribution in [-0.2, 0) is 20.9 Å². The molecule has 27 heavy (non-hydrogen) atoms. The van der Waals surface area contributed by atoms with Crippen molar-refractivity contribution in [3.05, 3.63) is 83.4 Å². The van der Waals surface area contributed by atoms with Gasteiger partial charge in [-0.1, -0.05) is 73.2 Å². The van der Waals surface area contributed by atoms with Crippen molar-refractivity contribution in [3.63, 3.8) is 0 Å². The summed E-state index contributed by atoms with van der Waals surface area (Å²) in [6.45, 7) is 6.51. The molecule has 2 aromatic rings. The van der Waals surface area contributed by atoms with Crippen molar-refractivity contribution < 1.29 is 14.3 Å². The van der Waals surface area contributed by atoms with Gasteiger partial charge in [0.1, 0.15) is 0 Å². The molecule has 0 heterocycles. The molecule has 0 aliphatic rings. The average Bonchev–Trinajstić information content (AvgIpc) is 2.67. The monoisotopic (exact) mass is 365 g/mol. The second kappa shape index (κ2) is 10.3. The Bertz CT molecular complexity index is 766. The minimum absolute atomic E-state index is 0.0660. The summed E-state index contributed by atoms with van der Waals surface area (Å²) in [6.07, 6.45) is 3.14. The van der Waals surface area contributed by atoms with E-state index in [0.717, 1.165) is 16.7 Å². The molecule has 0 unspecified atom stereocenters. The molecule has 2 aromatic carbocycles. The number of amides is 1. The standard InChI is InChI=1S/C23H27NO3/c1-4-27-21(25)15-12-18(3)22(20-13-10-17(2)11-14-20)23(26)24-16-19-8-6-5-7-9-19/h5-15,18,22H,4,16H2,1-3H3,(H,24,26)/b15-12+/t18-,22-/m0/s1. The number of benzene rings is 2. The number of esters is 1. The molecule has 0 bridgehead atoms. The smallest absolute Gasteiger partial charge is 0.330 e. The topological polar surface area (TPSA) is 55.4 Å². The van der Waals surface area contributed by atoms with E-state index in [1.807, 2.05) is 68.4 Å². The normalized spacial score (nSPS) is 13.1. The third-order valence-electron chi connectivity index (χ3n) is 4.38. The lowest BCUT2D eigenvalue weighted by molar-refractivity contribution is -0.137. The second-order valence-electron chi connectivity index (χ2n) is 6.56. The van der Waals surface area contributed by atoms with E-state index in [1.165, 1.54) is 6.08 Å². The molecule has 142 valence electrons. The molecule has 4 heteroatoms. The van der Waals surface area contributed by atoms with Crippen molar-refractivity contribution >= 4 is 11.9 Å². The number of carbonyl (C=O) groups excluding carboxylic acids is 2. The van der Waals surface area contributed by atoms with Gasteiger partial charge in [0.25, 0.3) is 0 Å². The van der Waals surface area contributed by atoms with Crippen LogP contribution in [0.4, 0.5) is 0 Å². The average molecular weight is 365 g/mol. The molecule has 0 aliphatic carbocycles. The Morgan fingerprint density at radius 1 is 1.07 bits per heavy atom. The van der Waals surface area contributed by atoms with E-state index in [9.17, 15) is 9.59 Å². The lowest BCUT2D eigenvalue weighted by atomic mass is 9.85. The van der Waals surface area contributed by atoms with E-state index in [4.69, 9.17) is 4.74 Å². The van der Waals surface area contributed by atoms with Crippen molar-refractivity contribution in [1.29, 1.82) is 0 Å². The van der Waals surface area contributed by atoms with Gasteiger partial charge in [0, 0.05) is 12.6 Å². The van der Waals surface area contributed by atoms with Gasteiger partial charge in [-0.25, -0.2) is 4.79 Å². The lowest BCUT2D eigenvalue weighted by Crippen LogP contribution is -2.32. The van der Waals surface area contributed by atoms with Crippen LogP contribution in [-0.4, -0.2) is 18.5 Å². The number of hydrogen-bond acceptors (Lipinski definition) is 3. The van der Waals surface area contributed by atoms with E-state index >= 15 is 0 Å². The van der Waals surface area contributed by atoms with Crippen LogP contribution in [0.2, 0.25) is 0 Å². The lowest BCUT2D eigenvalue weighted by Gasteiger charge is -2.22. The van der Waals surface area contributed by atoms with Crippen LogP contribution in [0, 0.1) is 12.8 Å². The van der Waals surface area contributed by atoms with Crippen molar-refractivity contribution in [1.82, 2.24) is 5.32 Å². The number of ether oxygens (including phenoxy) is 1. The molecule has 1 amide bonds. The third kappa shape index (κ3) is 6.41. The SMILES string of the molecule is CCOC(=O)/C=C/[C@H](C)[C@H](C(=O)NCc1ccccc1)c1ccc(C)cc1. The number of hydrogen-bond donors (Lipinski definition) is 1. The van der Waals surface area contributed by atoms with E-state index < -0.39 is 5.97 Å². The Morgan fingerprint density at radius 3 is 2.37 bits per heavy atom. The van der Waals surface area contributed by atoms with E-state index in [2.05, 4.69) is 5.32 Å². The van der Waals surface area contributed by atoms with Gasteiger partial charge in [-0.05, 0) is 30.9 Å². The predicted octanol–water partition coefficient (Wildman–Crippen LogP) is 4.15. The van der Waals surface area contributed by atoms with Crippen LogP contribution in [0.3, 0.4) is 0 Å². The highest BCUT2D eigenvalue weighted by Gasteiger charge is 2.25. The van der Waals surface area contributed by atoms with E-state index in [-0.39, 0.29) is 17.7 Å². The molecule has 0 saturated heterocycles. The van der Waals surface area contributed by atoms with E-state index in [1.54, 1.807) is 13.0 Å². The quantitative estimate of drug-likeness (QED) is 0.565. The largest absolute Gasteiger partial charge is 0.463 e. The van der Waals surface area contributed by atoms with Gasteiger partial charge in [0.2, 0.25) is 5.91 Å². The van der Waals surface area contributed by atoms with Crippen molar-refractivity contribution in [2.75, 3.05) is 6.61 Å². The molecule has 0 aromatic heterocycles. The molecule has 0 aliphatic heterocycles. The number of allylic oxidation sites excluding steroid dienone is 1. The third-order valence-corrected chi connectivity index (χ3v) is 4.38. The van der Waals surface area contributed by atoms with Crippen LogP contribution in [0.5, 0.6) is 0 Å². The number of rotatable bonds is 8. The molecule has 1 N–H and O–H groups in total. The number of aryl methyl sites for hydroxylation is 1. The summed E-state index contributed by atoms with van der Waals surface area (Å²) < 4.78 is 4.93. The summed E-state index contributed by atoms with van der Waals surface area (Å²) in [4.78, 5) is 24.6. The summed E-state index contributed by atoms with van der Waals surface area (Å²) >= 11 is 0. The van der Waals surface area contributed by atoms with Gasteiger partial charge in [0.05, 0.1) is 12.5 Å². The molecule has 0 radical (unpaired) electrons. The highest BCUT2D eigenvalue weighted by atomic mass is 16.5. The van der Waals surface area contributed by atoms with Gasteiger partial charge in [0.15, 0.2) is 0 Å². The Balaban J connectivity index is 2.16. The molecule has 4 nitrogen and oxygen atoms in total. The Kier molecular flexibility index (Phi) is 7.80. The minimum Gasteiger partial charge on any atom is -0.463 e. The summed E-state index contributed by atoms with van der Waals surface area (Å²) in [5.74, 6) is -1.01. The molecule has 0 fully saturated rings. The summed E-state index contributed by atoms with van der Waals surface area (Å²) in [5.41, 5.74) is 3.10. The fourth-order valence-corrected chi connectivity index (χ4v) is 2.89. The first-order chi connectivity index (χ1) is 13.0. The van der Waals surface area contributed by atoms with Crippen molar-refractivity contribution in [3.8, 4) is 0 Å². The zero-order chi connectivity index (χ0) is 19.6. The van der Waals surface area contributed by atoms with Crippen LogP contribution < -0.4 is 5.32 Å². The number of nitrogens with one attached hydrogen (secondary N) is 1. The van der Waals surface area contributed by atoms with Gasteiger partial charge in [-0.3, -0.25) is 4.79 Å². The first-order valence-electron chi connectivity index (χ1n) is 9.24. The van der Waals surface area contributed by atoms with Crippen LogP contribution in [0.25, 0.3) is 0 Å². The zero-order valence-electron chi connectivity index (χ0n) is 16.1. The van der Waals surface area contributed by atoms with Crippen molar-refractivity contribution in [2.24, 2.45) is 5.92 Å². The molecule has 2 rings (SSSR count). The molecule has 0 spiro atoms. The van der Waals surface area contributed by atoms with E-state index in [0.29, 0.717) is 13.2 Å². The molecular formula is C23H27NO3. The second-order valence-corrected chi connectivity index (χ2v) is 6.56. The summed E-state index contributed by atoms with van der Waals surface area (Å²) in [5, 5.41) is 3.02. The van der Waals surface area contributed by atoms with Gasteiger partial charge >= 0.3 is 5.97 Å². The Hall–Kier alpha value is -2.88. The maximum atomic E-state index is 13.0. The minimum atomic E-state index is -0.392. The van der Waals surface area contributed by atoms with Crippen LogP contribution in [0.1, 0.15) is 36.5 Å². The first-order valence-corrected chi connectivity index (χ1v) is 9.24. The summed E-state index contributed by atoms with van der Waals surface area (Å²) in [7, 11) is 0. The van der Waals surface area contributed by atoms with Gasteiger partial charge < -0.3 is 10.1 Å². The molecule has 2 atom stereocenters. The highest BCUT2D eigenvalue weighted by molar-refractivity contribution is 5.85. The Morgan fingerprint density at radius 2 is 1.74 bits per heavy atom. The van der Waals surface area contributed by atoms with Crippen LogP contribution in [0.15, 0.2) is 66.7 Å². The highest BCUT2D eigenvalue weighted by Crippen LogP contribution is 2.26. The fraction of sp³-hybridized carbons (Fsp3) is 0.304. The van der Waals surface area contributed by atoms with Crippen LogP contribution >= 0.6 is 0 Å². The molecule has 0 saturated carbocycles. The van der Waals surface area contributed by atoms with Gasteiger partial charge in [-0.15, -0.1) is 0 Å². The first kappa shape index (κ1) is 20.4.